The van der Waals surface area contributed by atoms with Gasteiger partial charge in [0.05, 0.1) is 6.67 Å². The van der Waals surface area contributed by atoms with Gasteiger partial charge in [-0.2, -0.15) is 0 Å². The van der Waals surface area contributed by atoms with Gasteiger partial charge in [0, 0.05) is 24.2 Å². The van der Waals surface area contributed by atoms with Crippen LogP contribution < -0.4 is 4.90 Å². The zero-order valence-electron chi connectivity index (χ0n) is 11.6. The molecule has 18 heavy (non-hydrogen) atoms. The summed E-state index contributed by atoms with van der Waals surface area (Å²) < 4.78 is 0. The molecule has 0 saturated carbocycles. The Morgan fingerprint density at radius 2 is 1.94 bits per heavy atom. The number of anilines is 1. The molecule has 0 amide bonds. The first-order valence-corrected chi connectivity index (χ1v) is 7.32. The van der Waals surface area contributed by atoms with E-state index in [1.54, 1.807) is 0 Å². The number of benzene rings is 1. The van der Waals surface area contributed by atoms with Crippen LogP contribution in [0.5, 0.6) is 0 Å². The Labute approximate surface area is 116 Å². The molecule has 3 heteroatoms. The molecule has 2 rings (SSSR count). The van der Waals surface area contributed by atoms with Crippen molar-refractivity contribution in [2.24, 2.45) is 0 Å². The van der Waals surface area contributed by atoms with Crippen molar-refractivity contribution in [1.29, 1.82) is 0 Å². The van der Waals surface area contributed by atoms with Crippen LogP contribution in [0.3, 0.4) is 0 Å². The number of para-hydroxylation sites is 1. The number of likely N-dealkylation sites (N-methyl/N-ethyl adjacent to an activating group) is 1. The smallest absolute Gasteiger partial charge is 0.0711 e. The topological polar surface area (TPSA) is 6.48 Å². The second kappa shape index (κ2) is 5.94. The van der Waals surface area contributed by atoms with Crippen LogP contribution in [0.25, 0.3) is 0 Å². The van der Waals surface area contributed by atoms with E-state index in [0.717, 1.165) is 32.1 Å². The fourth-order valence-electron chi connectivity index (χ4n) is 2.90. The summed E-state index contributed by atoms with van der Waals surface area (Å²) in [6.07, 6.45) is 1.06. The monoisotopic (exact) mass is 266 g/mol. The summed E-state index contributed by atoms with van der Waals surface area (Å²) in [5, 5.41) is 0. The normalized spacial score (nSPS) is 20.7. The first kappa shape index (κ1) is 13.7. The fraction of sp³-hybridized carbons (Fsp3) is 0.600. The molecular formula is C15H23ClN2. The van der Waals surface area contributed by atoms with Crippen LogP contribution in [-0.4, -0.2) is 36.6 Å². The maximum absolute atomic E-state index is 5.96. The highest BCUT2D eigenvalue weighted by Crippen LogP contribution is 2.30. The Bertz CT molecular complexity index is 385. The average Bonchev–Trinajstić information content (AvgIpc) is 2.73. The van der Waals surface area contributed by atoms with Gasteiger partial charge in [-0.1, -0.05) is 25.1 Å². The van der Waals surface area contributed by atoms with Crippen molar-refractivity contribution in [2.75, 3.05) is 30.5 Å². The second-order valence-corrected chi connectivity index (χ2v) is 5.53. The molecule has 1 aromatic rings. The first-order chi connectivity index (χ1) is 8.67. The lowest BCUT2D eigenvalue weighted by Crippen LogP contribution is -2.32. The van der Waals surface area contributed by atoms with Crippen LogP contribution in [0, 0.1) is 13.8 Å². The van der Waals surface area contributed by atoms with E-state index >= 15 is 0 Å². The lowest BCUT2D eigenvalue weighted by atomic mass is 10.1. The van der Waals surface area contributed by atoms with Gasteiger partial charge in [-0.05, 0) is 37.9 Å². The van der Waals surface area contributed by atoms with E-state index in [1.165, 1.54) is 16.8 Å². The molecule has 0 spiro atoms. The summed E-state index contributed by atoms with van der Waals surface area (Å²) in [6, 6.07) is 7.10. The van der Waals surface area contributed by atoms with Gasteiger partial charge >= 0.3 is 0 Å². The van der Waals surface area contributed by atoms with Crippen LogP contribution in [0.15, 0.2) is 18.2 Å². The molecule has 0 bridgehead atoms. The average molecular weight is 267 g/mol. The third-order valence-corrected chi connectivity index (χ3v) is 4.10. The number of hydrogen-bond donors (Lipinski definition) is 0. The molecule has 0 radical (unpaired) electrons. The van der Waals surface area contributed by atoms with Crippen molar-refractivity contribution in [3.05, 3.63) is 29.3 Å². The van der Waals surface area contributed by atoms with Crippen molar-refractivity contribution >= 4 is 17.3 Å². The maximum atomic E-state index is 5.96. The lowest BCUT2D eigenvalue weighted by Gasteiger charge is -2.28. The Morgan fingerprint density at radius 3 is 2.50 bits per heavy atom. The Kier molecular flexibility index (Phi) is 4.52. The van der Waals surface area contributed by atoms with E-state index in [2.05, 4.69) is 48.8 Å². The van der Waals surface area contributed by atoms with Gasteiger partial charge in [0.25, 0.3) is 0 Å². The van der Waals surface area contributed by atoms with E-state index in [-0.39, 0.29) is 0 Å². The van der Waals surface area contributed by atoms with Crippen LogP contribution in [-0.2, 0) is 0 Å². The lowest BCUT2D eigenvalue weighted by molar-refractivity contribution is 0.352. The number of alkyl halides is 1. The van der Waals surface area contributed by atoms with Crippen LogP contribution in [0.2, 0.25) is 0 Å². The summed E-state index contributed by atoms with van der Waals surface area (Å²) in [6.45, 7) is 9.91. The second-order valence-electron chi connectivity index (χ2n) is 5.15. The molecule has 100 valence electrons. The summed E-state index contributed by atoms with van der Waals surface area (Å²) >= 11 is 5.96. The zero-order valence-corrected chi connectivity index (χ0v) is 12.4. The molecule has 2 nitrogen and oxygen atoms in total. The van der Waals surface area contributed by atoms with Gasteiger partial charge in [0.1, 0.15) is 0 Å². The third-order valence-electron chi connectivity index (χ3n) is 3.88. The number of rotatable bonds is 4. The molecule has 1 aliphatic rings. The summed E-state index contributed by atoms with van der Waals surface area (Å²) in [5.74, 6) is 0.740. The molecule has 1 atom stereocenters. The highest BCUT2D eigenvalue weighted by Gasteiger charge is 2.30. The number of nitrogens with zero attached hydrogens (tertiary/aromatic N) is 2. The molecule has 0 aliphatic carbocycles. The first-order valence-electron chi connectivity index (χ1n) is 6.78. The molecule has 1 unspecified atom stereocenters. The van der Waals surface area contributed by atoms with Gasteiger partial charge in [0.15, 0.2) is 0 Å². The summed E-state index contributed by atoms with van der Waals surface area (Å²) in [5.41, 5.74) is 4.14. The molecule has 1 heterocycles. The molecule has 1 aromatic carbocycles. The standard InChI is InChI=1S/C15H23ClN2/c1-4-17-10-14(8-9-16)18(11-17)15-12(2)6-5-7-13(15)3/h5-7,14H,4,8-11H2,1-3H3. The van der Waals surface area contributed by atoms with Gasteiger partial charge in [-0.25, -0.2) is 0 Å². The molecular weight excluding hydrogens is 244 g/mol. The van der Waals surface area contributed by atoms with E-state index < -0.39 is 0 Å². The number of halogens is 1. The predicted octanol–water partition coefficient (Wildman–Crippen LogP) is 3.40. The molecule has 0 aromatic heterocycles. The van der Waals surface area contributed by atoms with Crippen molar-refractivity contribution in [1.82, 2.24) is 4.90 Å². The summed E-state index contributed by atoms with van der Waals surface area (Å²) in [4.78, 5) is 5.03. The SMILES string of the molecule is CCN1CC(CCCl)N(c2c(C)cccc2C)C1. The predicted molar refractivity (Wildman–Crippen MR) is 79.6 cm³/mol. The van der Waals surface area contributed by atoms with Crippen molar-refractivity contribution < 1.29 is 0 Å². The van der Waals surface area contributed by atoms with Crippen molar-refractivity contribution in [2.45, 2.75) is 33.2 Å². The zero-order chi connectivity index (χ0) is 13.1. The number of hydrogen-bond acceptors (Lipinski definition) is 2. The highest BCUT2D eigenvalue weighted by molar-refractivity contribution is 6.17. The third kappa shape index (κ3) is 2.65. The van der Waals surface area contributed by atoms with E-state index in [4.69, 9.17) is 11.6 Å². The van der Waals surface area contributed by atoms with Gasteiger partial charge < -0.3 is 4.90 Å². The fourth-order valence-corrected chi connectivity index (χ4v) is 3.15. The van der Waals surface area contributed by atoms with Crippen molar-refractivity contribution in [3.63, 3.8) is 0 Å². The Hall–Kier alpha value is -0.730. The quantitative estimate of drug-likeness (QED) is 0.771. The summed E-state index contributed by atoms with van der Waals surface area (Å²) in [7, 11) is 0. The Morgan fingerprint density at radius 1 is 1.28 bits per heavy atom. The molecule has 1 aliphatic heterocycles. The Balaban J connectivity index is 2.29. The molecule has 1 saturated heterocycles. The molecule has 1 fully saturated rings. The van der Waals surface area contributed by atoms with Gasteiger partial charge in [-0.3, -0.25) is 4.90 Å². The van der Waals surface area contributed by atoms with E-state index in [9.17, 15) is 0 Å². The minimum Gasteiger partial charge on any atom is -0.354 e. The van der Waals surface area contributed by atoms with Gasteiger partial charge in [-0.15, -0.1) is 11.6 Å². The minimum absolute atomic E-state index is 0.558. The van der Waals surface area contributed by atoms with E-state index in [1.807, 2.05) is 0 Å². The van der Waals surface area contributed by atoms with E-state index in [0.29, 0.717) is 6.04 Å². The maximum Gasteiger partial charge on any atom is 0.0711 e. The minimum atomic E-state index is 0.558. The highest BCUT2D eigenvalue weighted by atomic mass is 35.5. The molecule has 0 N–H and O–H groups in total. The number of aryl methyl sites for hydroxylation is 2. The largest absolute Gasteiger partial charge is 0.354 e. The van der Waals surface area contributed by atoms with Crippen LogP contribution in [0.4, 0.5) is 5.69 Å². The van der Waals surface area contributed by atoms with Crippen LogP contribution in [0.1, 0.15) is 24.5 Å². The van der Waals surface area contributed by atoms with Gasteiger partial charge in [0.2, 0.25) is 0 Å². The van der Waals surface area contributed by atoms with Crippen molar-refractivity contribution in [3.8, 4) is 0 Å². The van der Waals surface area contributed by atoms with Crippen LogP contribution >= 0.6 is 11.6 Å².